The minimum Gasteiger partial charge on any atom is -0.506 e. The molecule has 0 saturated heterocycles. The normalized spacial score (nSPS) is 10.2. The highest BCUT2D eigenvalue weighted by molar-refractivity contribution is 6.43. The summed E-state index contributed by atoms with van der Waals surface area (Å²) in [7, 11) is 0. The summed E-state index contributed by atoms with van der Waals surface area (Å²) in [6.45, 7) is 2.07. The molecule has 0 fully saturated rings. The van der Waals surface area contributed by atoms with Gasteiger partial charge in [0.15, 0.2) is 0 Å². The first kappa shape index (κ1) is 9.69. The molecule has 0 heterocycles. The maximum absolute atomic E-state index is 9.18. The lowest BCUT2D eigenvalue weighted by Gasteiger charge is -2.05. The number of rotatable bonds is 2. The lowest BCUT2D eigenvalue weighted by Crippen LogP contribution is -1.85. The van der Waals surface area contributed by atoms with Crippen molar-refractivity contribution >= 4 is 23.2 Å². The fourth-order valence-electron chi connectivity index (χ4n) is 1.04. The van der Waals surface area contributed by atoms with Crippen molar-refractivity contribution in [3.05, 3.63) is 27.7 Å². The molecule has 0 saturated carbocycles. The molecule has 0 aliphatic carbocycles. The molecule has 0 unspecified atom stereocenters. The molecule has 0 bridgehead atoms. The first-order valence-corrected chi connectivity index (χ1v) is 4.58. The Morgan fingerprint density at radius 1 is 1.25 bits per heavy atom. The summed E-state index contributed by atoms with van der Waals surface area (Å²) in [6, 6.07) is 3.37. The molecule has 1 aromatic rings. The van der Waals surface area contributed by atoms with Crippen molar-refractivity contribution in [1.29, 1.82) is 0 Å². The molecule has 1 rings (SSSR count). The van der Waals surface area contributed by atoms with Crippen molar-refractivity contribution in [2.75, 3.05) is 0 Å². The van der Waals surface area contributed by atoms with Gasteiger partial charge in [0, 0.05) is 0 Å². The van der Waals surface area contributed by atoms with Gasteiger partial charge in [0.05, 0.1) is 5.02 Å². The van der Waals surface area contributed by atoms with Gasteiger partial charge in [-0.05, 0) is 18.1 Å². The zero-order valence-corrected chi connectivity index (χ0v) is 8.28. The van der Waals surface area contributed by atoms with Crippen LogP contribution in [-0.4, -0.2) is 5.11 Å². The monoisotopic (exact) mass is 204 g/mol. The van der Waals surface area contributed by atoms with E-state index in [1.54, 1.807) is 12.1 Å². The fourth-order valence-corrected chi connectivity index (χ4v) is 1.48. The Hall–Kier alpha value is -0.400. The van der Waals surface area contributed by atoms with E-state index in [1.807, 2.05) is 0 Å². The van der Waals surface area contributed by atoms with E-state index in [-0.39, 0.29) is 10.8 Å². The number of phenols is 1. The van der Waals surface area contributed by atoms with Gasteiger partial charge in [0.1, 0.15) is 10.8 Å². The number of aromatic hydroxyl groups is 1. The first-order chi connectivity index (χ1) is 5.66. The quantitative estimate of drug-likeness (QED) is 0.781. The molecule has 0 atom stereocenters. The Kier molecular flexibility index (Phi) is 3.24. The molecule has 12 heavy (non-hydrogen) atoms. The minimum absolute atomic E-state index is 0.0431. The summed E-state index contributed by atoms with van der Waals surface area (Å²) in [6.07, 6.45) is 1.90. The van der Waals surface area contributed by atoms with Crippen molar-refractivity contribution in [2.24, 2.45) is 0 Å². The zero-order chi connectivity index (χ0) is 9.14. The highest BCUT2D eigenvalue weighted by Crippen LogP contribution is 2.34. The van der Waals surface area contributed by atoms with Gasteiger partial charge in [-0.2, -0.15) is 0 Å². The second-order valence-electron chi connectivity index (χ2n) is 2.62. The van der Waals surface area contributed by atoms with Gasteiger partial charge in [-0.3, -0.25) is 0 Å². The van der Waals surface area contributed by atoms with Crippen molar-refractivity contribution in [1.82, 2.24) is 0 Å². The number of benzene rings is 1. The fraction of sp³-hybridized carbons (Fsp3) is 0.333. The van der Waals surface area contributed by atoms with Gasteiger partial charge in [-0.15, -0.1) is 0 Å². The SMILES string of the molecule is CCCc1ccc(O)c(Cl)c1Cl. The number of hydrogen-bond donors (Lipinski definition) is 1. The molecule has 0 aliphatic heterocycles. The molecule has 0 amide bonds. The number of phenolic OH excluding ortho intramolecular Hbond substituents is 1. The van der Waals surface area contributed by atoms with E-state index in [2.05, 4.69) is 6.92 Å². The Balaban J connectivity index is 3.08. The van der Waals surface area contributed by atoms with Crippen LogP contribution in [0.1, 0.15) is 18.9 Å². The Labute approximate surface area is 81.9 Å². The van der Waals surface area contributed by atoms with Crippen LogP contribution >= 0.6 is 23.2 Å². The first-order valence-electron chi connectivity index (χ1n) is 3.82. The van der Waals surface area contributed by atoms with Crippen LogP contribution in [0.4, 0.5) is 0 Å². The molecule has 0 aliphatic rings. The molecule has 0 spiro atoms. The van der Waals surface area contributed by atoms with Gasteiger partial charge < -0.3 is 5.11 Å². The second-order valence-corrected chi connectivity index (χ2v) is 3.38. The molecule has 3 heteroatoms. The molecular formula is C9H10Cl2O. The van der Waals surface area contributed by atoms with Crippen LogP contribution in [0.15, 0.2) is 12.1 Å². The van der Waals surface area contributed by atoms with Gasteiger partial charge in [-0.1, -0.05) is 42.6 Å². The molecule has 66 valence electrons. The molecule has 1 nitrogen and oxygen atoms in total. The van der Waals surface area contributed by atoms with Crippen LogP contribution in [0, 0.1) is 0 Å². The average Bonchev–Trinajstić information content (AvgIpc) is 2.07. The summed E-state index contributed by atoms with van der Waals surface area (Å²) >= 11 is 11.6. The molecule has 0 aromatic heterocycles. The van der Waals surface area contributed by atoms with Gasteiger partial charge in [0.25, 0.3) is 0 Å². The lowest BCUT2D eigenvalue weighted by atomic mass is 10.1. The summed E-state index contributed by atoms with van der Waals surface area (Å²) in [5, 5.41) is 9.90. The van der Waals surface area contributed by atoms with E-state index >= 15 is 0 Å². The van der Waals surface area contributed by atoms with Crippen molar-refractivity contribution in [2.45, 2.75) is 19.8 Å². The van der Waals surface area contributed by atoms with Gasteiger partial charge >= 0.3 is 0 Å². The van der Waals surface area contributed by atoms with E-state index in [0.717, 1.165) is 18.4 Å². The van der Waals surface area contributed by atoms with E-state index in [9.17, 15) is 5.11 Å². The third kappa shape index (κ3) is 1.85. The minimum atomic E-state index is 0.0431. The van der Waals surface area contributed by atoms with Gasteiger partial charge in [-0.25, -0.2) is 0 Å². The average molecular weight is 205 g/mol. The maximum Gasteiger partial charge on any atom is 0.135 e. The van der Waals surface area contributed by atoms with Crippen LogP contribution in [-0.2, 0) is 6.42 Å². The second kappa shape index (κ2) is 4.01. The third-order valence-electron chi connectivity index (χ3n) is 1.66. The summed E-state index contributed by atoms with van der Waals surface area (Å²) in [5.41, 5.74) is 0.988. The van der Waals surface area contributed by atoms with Crippen LogP contribution in [0.5, 0.6) is 5.75 Å². The van der Waals surface area contributed by atoms with Crippen LogP contribution in [0.2, 0.25) is 10.0 Å². The Bertz CT molecular complexity index is 284. The summed E-state index contributed by atoms with van der Waals surface area (Å²) < 4.78 is 0. The standard InChI is InChI=1S/C9H10Cl2O/c1-2-3-6-4-5-7(12)9(11)8(6)10/h4-5,12H,2-3H2,1H3. The van der Waals surface area contributed by atoms with Crippen LogP contribution in [0.25, 0.3) is 0 Å². The third-order valence-corrected chi connectivity index (χ3v) is 2.57. The summed E-state index contributed by atoms with van der Waals surface area (Å²) in [5.74, 6) is 0.0431. The van der Waals surface area contributed by atoms with Crippen molar-refractivity contribution in [3.63, 3.8) is 0 Å². The Morgan fingerprint density at radius 2 is 1.92 bits per heavy atom. The molecule has 0 radical (unpaired) electrons. The molecule has 1 aromatic carbocycles. The summed E-state index contributed by atoms with van der Waals surface area (Å²) in [4.78, 5) is 0. The van der Waals surface area contributed by atoms with Crippen LogP contribution < -0.4 is 0 Å². The highest BCUT2D eigenvalue weighted by Gasteiger charge is 2.07. The number of halogens is 2. The Morgan fingerprint density at radius 3 is 2.50 bits per heavy atom. The predicted molar refractivity (Wildman–Crippen MR) is 52.1 cm³/mol. The zero-order valence-electron chi connectivity index (χ0n) is 6.77. The van der Waals surface area contributed by atoms with E-state index in [0.29, 0.717) is 5.02 Å². The van der Waals surface area contributed by atoms with E-state index < -0.39 is 0 Å². The smallest absolute Gasteiger partial charge is 0.135 e. The topological polar surface area (TPSA) is 20.2 Å². The number of hydrogen-bond acceptors (Lipinski definition) is 1. The largest absolute Gasteiger partial charge is 0.506 e. The van der Waals surface area contributed by atoms with Crippen molar-refractivity contribution < 1.29 is 5.11 Å². The lowest BCUT2D eigenvalue weighted by molar-refractivity contribution is 0.475. The predicted octanol–water partition coefficient (Wildman–Crippen LogP) is 3.65. The van der Waals surface area contributed by atoms with E-state index in [4.69, 9.17) is 23.2 Å². The van der Waals surface area contributed by atoms with Gasteiger partial charge in [0.2, 0.25) is 0 Å². The molecule has 1 N–H and O–H groups in total. The maximum atomic E-state index is 9.18. The number of aryl methyl sites for hydroxylation is 1. The highest BCUT2D eigenvalue weighted by atomic mass is 35.5. The van der Waals surface area contributed by atoms with Crippen molar-refractivity contribution in [3.8, 4) is 5.75 Å². The van der Waals surface area contributed by atoms with E-state index in [1.165, 1.54) is 0 Å². The molecular weight excluding hydrogens is 195 g/mol. The van der Waals surface area contributed by atoms with Crippen LogP contribution in [0.3, 0.4) is 0 Å².